The summed E-state index contributed by atoms with van der Waals surface area (Å²) in [5.74, 6) is -0.466. The first-order chi connectivity index (χ1) is 11.4. The molecule has 0 amide bonds. The number of rotatable bonds is 6. The van der Waals surface area contributed by atoms with E-state index in [1.165, 1.54) is 19.4 Å². The van der Waals surface area contributed by atoms with E-state index in [4.69, 9.17) is 21.1 Å². The maximum atomic E-state index is 13.6. The smallest absolute Gasteiger partial charge is 0.180 e. The molecule has 2 aromatic rings. The van der Waals surface area contributed by atoms with Crippen LogP contribution in [-0.4, -0.2) is 19.4 Å². The standard InChI is InChI=1S/C18H18ClF2NO2/c1-4-11(2)24-18-14(19)7-12(8-17(18)23-3)10-22-16-6-5-13(20)9-15(16)21/h5-11H,4H2,1-3H3/t11-/m0/s1. The fraction of sp³-hybridized carbons (Fsp3) is 0.278. The lowest BCUT2D eigenvalue weighted by Crippen LogP contribution is -2.11. The summed E-state index contributed by atoms with van der Waals surface area (Å²) in [6, 6.07) is 6.53. The Morgan fingerprint density at radius 3 is 2.62 bits per heavy atom. The van der Waals surface area contributed by atoms with Crippen molar-refractivity contribution >= 4 is 23.5 Å². The Balaban J connectivity index is 2.31. The third-order valence-electron chi connectivity index (χ3n) is 3.41. The molecule has 0 bridgehead atoms. The zero-order valence-corrected chi connectivity index (χ0v) is 14.4. The van der Waals surface area contributed by atoms with E-state index in [9.17, 15) is 8.78 Å². The summed E-state index contributed by atoms with van der Waals surface area (Å²) < 4.78 is 37.6. The maximum Gasteiger partial charge on any atom is 0.180 e. The molecule has 0 unspecified atom stereocenters. The van der Waals surface area contributed by atoms with Crippen molar-refractivity contribution in [3.8, 4) is 11.5 Å². The Kier molecular flexibility index (Phi) is 6.15. The molecule has 3 nitrogen and oxygen atoms in total. The highest BCUT2D eigenvalue weighted by Gasteiger charge is 2.14. The first-order valence-electron chi connectivity index (χ1n) is 7.48. The molecule has 2 aromatic carbocycles. The molecule has 0 fully saturated rings. The summed E-state index contributed by atoms with van der Waals surface area (Å²) in [4.78, 5) is 4.02. The first kappa shape index (κ1) is 18.2. The van der Waals surface area contributed by atoms with Crippen molar-refractivity contribution < 1.29 is 18.3 Å². The highest BCUT2D eigenvalue weighted by Crippen LogP contribution is 2.37. The Hall–Kier alpha value is -2.14. The Morgan fingerprint density at radius 2 is 2.00 bits per heavy atom. The number of halogens is 3. The van der Waals surface area contributed by atoms with Crippen LogP contribution in [0.15, 0.2) is 35.3 Å². The minimum atomic E-state index is -0.735. The van der Waals surface area contributed by atoms with Crippen molar-refractivity contribution in [2.24, 2.45) is 4.99 Å². The summed E-state index contributed by atoms with van der Waals surface area (Å²) in [6.07, 6.45) is 2.24. The van der Waals surface area contributed by atoms with E-state index in [-0.39, 0.29) is 11.8 Å². The fourth-order valence-electron chi connectivity index (χ4n) is 1.94. The second-order valence-electron chi connectivity index (χ2n) is 5.22. The van der Waals surface area contributed by atoms with Gasteiger partial charge in [0, 0.05) is 12.3 Å². The van der Waals surface area contributed by atoms with E-state index in [1.807, 2.05) is 13.8 Å². The van der Waals surface area contributed by atoms with Gasteiger partial charge in [-0.05, 0) is 43.2 Å². The monoisotopic (exact) mass is 353 g/mol. The molecule has 0 heterocycles. The van der Waals surface area contributed by atoms with E-state index in [1.54, 1.807) is 12.1 Å². The van der Waals surface area contributed by atoms with Crippen LogP contribution in [0, 0.1) is 11.6 Å². The Labute approximate surface area is 144 Å². The number of aliphatic imine (C=N–C) groups is 1. The Bertz CT molecular complexity index is 750. The average molecular weight is 354 g/mol. The highest BCUT2D eigenvalue weighted by atomic mass is 35.5. The van der Waals surface area contributed by atoms with Gasteiger partial charge in [0.15, 0.2) is 17.3 Å². The van der Waals surface area contributed by atoms with Gasteiger partial charge in [-0.3, -0.25) is 4.99 Å². The van der Waals surface area contributed by atoms with Crippen LogP contribution in [0.5, 0.6) is 11.5 Å². The molecule has 128 valence electrons. The summed E-state index contributed by atoms with van der Waals surface area (Å²) in [7, 11) is 1.51. The maximum absolute atomic E-state index is 13.6. The lowest BCUT2D eigenvalue weighted by Gasteiger charge is -2.17. The van der Waals surface area contributed by atoms with Crippen molar-refractivity contribution in [1.29, 1.82) is 0 Å². The molecule has 1 atom stereocenters. The van der Waals surface area contributed by atoms with Crippen molar-refractivity contribution in [2.45, 2.75) is 26.4 Å². The summed E-state index contributed by atoms with van der Waals surface area (Å²) in [6.45, 7) is 3.94. The van der Waals surface area contributed by atoms with E-state index < -0.39 is 11.6 Å². The number of nitrogens with zero attached hydrogens (tertiary/aromatic N) is 1. The molecule has 0 aliphatic rings. The summed E-state index contributed by atoms with van der Waals surface area (Å²) in [5.41, 5.74) is 0.642. The van der Waals surface area contributed by atoms with Crippen molar-refractivity contribution in [2.75, 3.05) is 7.11 Å². The predicted molar refractivity (Wildman–Crippen MR) is 92.0 cm³/mol. The molecular formula is C18H18ClF2NO2. The quantitative estimate of drug-likeness (QED) is 0.637. The van der Waals surface area contributed by atoms with Crippen molar-refractivity contribution in [1.82, 2.24) is 0 Å². The molecule has 0 spiro atoms. The topological polar surface area (TPSA) is 30.8 Å². The normalized spacial score (nSPS) is 12.4. The molecular weight excluding hydrogens is 336 g/mol. The van der Waals surface area contributed by atoms with Crippen molar-refractivity contribution in [3.63, 3.8) is 0 Å². The van der Waals surface area contributed by atoms with Crippen LogP contribution in [0.1, 0.15) is 25.8 Å². The largest absolute Gasteiger partial charge is 0.493 e. The van der Waals surface area contributed by atoms with Gasteiger partial charge in [0.05, 0.1) is 23.9 Å². The number of ether oxygens (including phenoxy) is 2. The zero-order valence-electron chi connectivity index (χ0n) is 13.6. The van der Waals surface area contributed by atoms with Crippen molar-refractivity contribution in [3.05, 3.63) is 52.6 Å². The van der Waals surface area contributed by atoms with Crippen LogP contribution in [0.2, 0.25) is 5.02 Å². The molecule has 6 heteroatoms. The van der Waals surface area contributed by atoms with Crippen LogP contribution >= 0.6 is 11.6 Å². The number of hydrogen-bond donors (Lipinski definition) is 0. The van der Waals surface area contributed by atoms with Crippen LogP contribution < -0.4 is 9.47 Å². The molecule has 0 aliphatic heterocycles. The van der Waals surface area contributed by atoms with E-state index in [0.717, 1.165) is 18.6 Å². The van der Waals surface area contributed by atoms with Gasteiger partial charge in [-0.1, -0.05) is 18.5 Å². The molecule has 24 heavy (non-hydrogen) atoms. The van der Waals surface area contributed by atoms with Crippen LogP contribution in [0.4, 0.5) is 14.5 Å². The van der Waals surface area contributed by atoms with Crippen LogP contribution in [-0.2, 0) is 0 Å². The second-order valence-corrected chi connectivity index (χ2v) is 5.63. The minimum absolute atomic E-state index is 0.00997. The molecule has 0 aromatic heterocycles. The SMILES string of the molecule is CC[C@H](C)Oc1c(Cl)cc(C=Nc2ccc(F)cc2F)cc1OC. The van der Waals surface area contributed by atoms with Gasteiger partial charge >= 0.3 is 0 Å². The van der Waals surface area contributed by atoms with Gasteiger partial charge < -0.3 is 9.47 Å². The molecule has 0 saturated carbocycles. The predicted octanol–water partition coefficient (Wildman–Crippen LogP) is 5.55. The van der Waals surface area contributed by atoms with Gasteiger partial charge in [0.2, 0.25) is 0 Å². The molecule has 0 radical (unpaired) electrons. The van der Waals surface area contributed by atoms with E-state index in [0.29, 0.717) is 22.1 Å². The zero-order chi connectivity index (χ0) is 17.7. The third kappa shape index (κ3) is 4.45. The van der Waals surface area contributed by atoms with Gasteiger partial charge in [-0.25, -0.2) is 8.78 Å². The summed E-state index contributed by atoms with van der Waals surface area (Å²) >= 11 is 6.26. The highest BCUT2D eigenvalue weighted by molar-refractivity contribution is 6.32. The second kappa shape index (κ2) is 8.11. The molecule has 0 aliphatic carbocycles. The Morgan fingerprint density at radius 1 is 1.25 bits per heavy atom. The average Bonchev–Trinajstić information content (AvgIpc) is 2.55. The van der Waals surface area contributed by atoms with E-state index in [2.05, 4.69) is 4.99 Å². The fourth-order valence-corrected chi connectivity index (χ4v) is 2.21. The number of benzene rings is 2. The number of methoxy groups -OCH3 is 1. The van der Waals surface area contributed by atoms with Gasteiger partial charge in [-0.2, -0.15) is 0 Å². The lowest BCUT2D eigenvalue weighted by atomic mass is 10.2. The first-order valence-corrected chi connectivity index (χ1v) is 7.85. The summed E-state index contributed by atoms with van der Waals surface area (Å²) in [5, 5.41) is 0.371. The minimum Gasteiger partial charge on any atom is -0.493 e. The van der Waals surface area contributed by atoms with Crippen LogP contribution in [0.3, 0.4) is 0 Å². The molecule has 0 N–H and O–H groups in total. The lowest BCUT2D eigenvalue weighted by molar-refractivity contribution is 0.208. The van der Waals surface area contributed by atoms with Crippen LogP contribution in [0.25, 0.3) is 0 Å². The van der Waals surface area contributed by atoms with Gasteiger partial charge in [-0.15, -0.1) is 0 Å². The molecule has 2 rings (SSSR count). The van der Waals surface area contributed by atoms with Gasteiger partial charge in [0.1, 0.15) is 5.82 Å². The van der Waals surface area contributed by atoms with E-state index >= 15 is 0 Å². The number of hydrogen-bond acceptors (Lipinski definition) is 3. The van der Waals surface area contributed by atoms with Gasteiger partial charge in [0.25, 0.3) is 0 Å². The third-order valence-corrected chi connectivity index (χ3v) is 3.69. The molecule has 0 saturated heterocycles.